The smallest absolute Gasteiger partial charge is 0.0648 e. The molecule has 0 bridgehead atoms. The van der Waals surface area contributed by atoms with Crippen LogP contribution in [0.25, 0.3) is 0 Å². The molecule has 0 saturated heterocycles. The van der Waals surface area contributed by atoms with E-state index in [9.17, 15) is 5.11 Å². The van der Waals surface area contributed by atoms with Gasteiger partial charge in [0.1, 0.15) is 0 Å². The Balaban J connectivity index is 2.31. The van der Waals surface area contributed by atoms with E-state index in [1.807, 2.05) is 6.92 Å². The summed E-state index contributed by atoms with van der Waals surface area (Å²) in [6, 6.07) is 2.12. The molecule has 1 aliphatic carbocycles. The first-order chi connectivity index (χ1) is 6.17. The Bertz CT molecular complexity index is 187. The Kier molecular flexibility index (Phi) is 3.74. The predicted molar refractivity (Wildman–Crippen MR) is 52.0 cm³/mol. The number of unbranched alkanes of at least 4 members (excludes halogenated alkanes) is 1. The van der Waals surface area contributed by atoms with Gasteiger partial charge >= 0.3 is 0 Å². The molecule has 0 aromatic rings. The first-order valence-electron chi connectivity index (χ1n) is 5.26. The molecule has 0 aromatic carbocycles. The number of nitrogens with zero attached hydrogens (tertiary/aromatic N) is 1. The van der Waals surface area contributed by atoms with Crippen LogP contribution in [0.15, 0.2) is 0 Å². The SMILES string of the molecule is CC(O)(CCCC#N)C1CCCC1. The van der Waals surface area contributed by atoms with Crippen molar-refractivity contribution in [3.05, 3.63) is 0 Å². The van der Waals surface area contributed by atoms with Crippen LogP contribution in [-0.2, 0) is 0 Å². The highest BCUT2D eigenvalue weighted by molar-refractivity contribution is 4.86. The standard InChI is InChI=1S/C11H19NO/c1-11(13,8-4-5-9-12)10-6-2-3-7-10/h10,13H,2-8H2,1H3. The van der Waals surface area contributed by atoms with E-state index in [2.05, 4.69) is 6.07 Å². The Morgan fingerprint density at radius 2 is 2.08 bits per heavy atom. The van der Waals surface area contributed by atoms with E-state index in [0.29, 0.717) is 12.3 Å². The fraction of sp³-hybridized carbons (Fsp3) is 0.909. The lowest BCUT2D eigenvalue weighted by Crippen LogP contribution is -2.32. The van der Waals surface area contributed by atoms with Crippen LogP contribution in [0.1, 0.15) is 51.9 Å². The molecule has 1 unspecified atom stereocenters. The number of nitriles is 1. The van der Waals surface area contributed by atoms with Gasteiger partial charge in [0.25, 0.3) is 0 Å². The Labute approximate surface area is 80.6 Å². The zero-order chi connectivity index (χ0) is 9.73. The molecule has 13 heavy (non-hydrogen) atoms. The molecule has 0 amide bonds. The summed E-state index contributed by atoms with van der Waals surface area (Å²) in [4.78, 5) is 0. The van der Waals surface area contributed by atoms with Gasteiger partial charge in [-0.3, -0.25) is 0 Å². The third-order valence-corrected chi connectivity index (χ3v) is 3.21. The van der Waals surface area contributed by atoms with Crippen molar-refractivity contribution in [2.45, 2.75) is 57.5 Å². The van der Waals surface area contributed by atoms with Crippen LogP contribution in [0.2, 0.25) is 0 Å². The third kappa shape index (κ3) is 3.00. The van der Waals surface area contributed by atoms with Crippen LogP contribution >= 0.6 is 0 Å². The molecule has 2 nitrogen and oxygen atoms in total. The van der Waals surface area contributed by atoms with Gasteiger partial charge in [0.15, 0.2) is 0 Å². The first kappa shape index (κ1) is 10.5. The van der Waals surface area contributed by atoms with Gasteiger partial charge in [0.05, 0.1) is 11.7 Å². The normalized spacial score (nSPS) is 22.5. The molecule has 0 heterocycles. The first-order valence-corrected chi connectivity index (χ1v) is 5.26. The largest absolute Gasteiger partial charge is 0.390 e. The van der Waals surface area contributed by atoms with Crippen LogP contribution in [0, 0.1) is 17.2 Å². The summed E-state index contributed by atoms with van der Waals surface area (Å²) in [5, 5.41) is 18.5. The fourth-order valence-corrected chi connectivity index (χ4v) is 2.28. The van der Waals surface area contributed by atoms with Crippen LogP contribution < -0.4 is 0 Å². The zero-order valence-corrected chi connectivity index (χ0v) is 8.42. The van der Waals surface area contributed by atoms with Gasteiger partial charge < -0.3 is 5.11 Å². The van der Waals surface area contributed by atoms with Gasteiger partial charge in [0, 0.05) is 6.42 Å². The van der Waals surface area contributed by atoms with E-state index in [0.717, 1.165) is 12.8 Å². The Morgan fingerprint density at radius 3 is 2.62 bits per heavy atom. The molecule has 1 aliphatic rings. The molecule has 1 saturated carbocycles. The van der Waals surface area contributed by atoms with Crippen molar-refractivity contribution in [3.8, 4) is 6.07 Å². The summed E-state index contributed by atoms with van der Waals surface area (Å²) in [6.45, 7) is 1.93. The van der Waals surface area contributed by atoms with Crippen LogP contribution in [0.4, 0.5) is 0 Å². The van der Waals surface area contributed by atoms with Crippen molar-refractivity contribution < 1.29 is 5.11 Å². The fourth-order valence-electron chi connectivity index (χ4n) is 2.28. The molecular formula is C11H19NO. The topological polar surface area (TPSA) is 44.0 Å². The van der Waals surface area contributed by atoms with E-state index >= 15 is 0 Å². The second kappa shape index (κ2) is 4.62. The number of rotatable bonds is 4. The molecule has 74 valence electrons. The summed E-state index contributed by atoms with van der Waals surface area (Å²) in [6.07, 6.45) is 7.05. The summed E-state index contributed by atoms with van der Waals surface area (Å²) < 4.78 is 0. The second-order valence-electron chi connectivity index (χ2n) is 4.35. The predicted octanol–water partition coefficient (Wildman–Crippen LogP) is 2.62. The van der Waals surface area contributed by atoms with Crippen molar-refractivity contribution in [2.75, 3.05) is 0 Å². The maximum absolute atomic E-state index is 10.1. The lowest BCUT2D eigenvalue weighted by Gasteiger charge is -2.29. The summed E-state index contributed by atoms with van der Waals surface area (Å²) >= 11 is 0. The molecule has 2 heteroatoms. The van der Waals surface area contributed by atoms with Crippen molar-refractivity contribution in [1.29, 1.82) is 5.26 Å². The van der Waals surface area contributed by atoms with Crippen molar-refractivity contribution in [2.24, 2.45) is 5.92 Å². The molecule has 0 radical (unpaired) electrons. The van der Waals surface area contributed by atoms with Gasteiger partial charge in [-0.2, -0.15) is 5.26 Å². The number of hydrogen-bond acceptors (Lipinski definition) is 2. The zero-order valence-electron chi connectivity index (χ0n) is 8.42. The molecule has 0 aromatic heterocycles. The third-order valence-electron chi connectivity index (χ3n) is 3.21. The minimum atomic E-state index is -0.520. The lowest BCUT2D eigenvalue weighted by atomic mass is 9.84. The molecule has 0 aliphatic heterocycles. The van der Waals surface area contributed by atoms with Crippen molar-refractivity contribution in [1.82, 2.24) is 0 Å². The van der Waals surface area contributed by atoms with Crippen LogP contribution in [-0.4, -0.2) is 10.7 Å². The molecule has 1 rings (SSSR count). The van der Waals surface area contributed by atoms with Gasteiger partial charge in [-0.1, -0.05) is 12.8 Å². The highest BCUT2D eigenvalue weighted by Crippen LogP contribution is 2.36. The van der Waals surface area contributed by atoms with Gasteiger partial charge in [-0.05, 0) is 38.5 Å². The number of aliphatic hydroxyl groups is 1. The van der Waals surface area contributed by atoms with Gasteiger partial charge in [-0.15, -0.1) is 0 Å². The Hall–Kier alpha value is -0.550. The summed E-state index contributed by atoms with van der Waals surface area (Å²) in [5.74, 6) is 0.478. The van der Waals surface area contributed by atoms with E-state index < -0.39 is 5.60 Å². The average Bonchev–Trinajstić information content (AvgIpc) is 2.56. The van der Waals surface area contributed by atoms with Crippen molar-refractivity contribution >= 4 is 0 Å². The lowest BCUT2D eigenvalue weighted by molar-refractivity contribution is -0.00762. The van der Waals surface area contributed by atoms with Crippen LogP contribution in [0.5, 0.6) is 0 Å². The number of hydrogen-bond donors (Lipinski definition) is 1. The highest BCUT2D eigenvalue weighted by Gasteiger charge is 2.32. The quantitative estimate of drug-likeness (QED) is 0.677. The van der Waals surface area contributed by atoms with E-state index in [1.54, 1.807) is 0 Å². The summed E-state index contributed by atoms with van der Waals surface area (Å²) in [7, 11) is 0. The minimum absolute atomic E-state index is 0.478. The van der Waals surface area contributed by atoms with E-state index in [1.165, 1.54) is 25.7 Å². The minimum Gasteiger partial charge on any atom is -0.390 e. The Morgan fingerprint density at radius 1 is 1.46 bits per heavy atom. The second-order valence-corrected chi connectivity index (χ2v) is 4.35. The summed E-state index contributed by atoms with van der Waals surface area (Å²) in [5.41, 5.74) is -0.520. The van der Waals surface area contributed by atoms with Gasteiger partial charge in [-0.25, -0.2) is 0 Å². The molecular weight excluding hydrogens is 162 g/mol. The van der Waals surface area contributed by atoms with E-state index in [4.69, 9.17) is 5.26 Å². The van der Waals surface area contributed by atoms with E-state index in [-0.39, 0.29) is 0 Å². The molecule has 1 atom stereocenters. The molecule has 1 fully saturated rings. The molecule has 0 spiro atoms. The molecule has 1 N–H and O–H groups in total. The maximum atomic E-state index is 10.1. The van der Waals surface area contributed by atoms with Gasteiger partial charge in [0.2, 0.25) is 0 Å². The monoisotopic (exact) mass is 181 g/mol. The highest BCUT2D eigenvalue weighted by atomic mass is 16.3. The van der Waals surface area contributed by atoms with Crippen molar-refractivity contribution in [3.63, 3.8) is 0 Å². The average molecular weight is 181 g/mol. The maximum Gasteiger partial charge on any atom is 0.0648 e. The van der Waals surface area contributed by atoms with Crippen LogP contribution in [0.3, 0.4) is 0 Å².